The monoisotopic (exact) mass is 319 g/mol. The molecule has 0 saturated carbocycles. The van der Waals surface area contributed by atoms with Gasteiger partial charge in [-0.3, -0.25) is 4.79 Å². The fourth-order valence-corrected chi connectivity index (χ4v) is 1.79. The first-order valence-corrected chi connectivity index (χ1v) is 6.72. The zero-order chi connectivity index (χ0) is 13.5. The molecule has 0 bridgehead atoms. The first-order valence-electron chi connectivity index (χ1n) is 5.93. The maximum absolute atomic E-state index is 11.6. The Morgan fingerprint density at radius 2 is 1.74 bits per heavy atom. The zero-order valence-electron chi connectivity index (χ0n) is 10.3. The Hall–Kier alpha value is -1.81. The van der Waals surface area contributed by atoms with Gasteiger partial charge in [0, 0.05) is 11.0 Å². The number of carbonyl (C=O) groups is 1. The molecule has 0 radical (unpaired) electrons. The number of nitrogens with one attached hydrogen (secondary N) is 1. The summed E-state index contributed by atoms with van der Waals surface area (Å²) in [5.74, 6) is 0.546. The van der Waals surface area contributed by atoms with Crippen LogP contribution in [0.2, 0.25) is 0 Å². The molecular formula is C15H14BrNO2. The third-order valence-electron chi connectivity index (χ3n) is 2.52. The third kappa shape index (κ3) is 4.75. The van der Waals surface area contributed by atoms with Crippen LogP contribution in [0, 0.1) is 0 Å². The Balaban J connectivity index is 1.74. The zero-order valence-corrected chi connectivity index (χ0v) is 11.9. The second-order valence-electron chi connectivity index (χ2n) is 4.00. The molecular weight excluding hydrogens is 306 g/mol. The molecule has 0 aromatic heterocycles. The van der Waals surface area contributed by atoms with Gasteiger partial charge in [0.25, 0.3) is 5.91 Å². The van der Waals surface area contributed by atoms with E-state index in [-0.39, 0.29) is 12.5 Å². The summed E-state index contributed by atoms with van der Waals surface area (Å²) in [4.78, 5) is 11.6. The standard InChI is InChI=1S/C15H14BrNO2/c16-13-6-8-14(9-7-13)19-11-15(18)17-10-12-4-2-1-3-5-12/h1-9H,10-11H2,(H,17,18). The molecule has 0 spiro atoms. The summed E-state index contributed by atoms with van der Waals surface area (Å²) >= 11 is 3.34. The topological polar surface area (TPSA) is 38.3 Å². The molecule has 2 rings (SSSR count). The fourth-order valence-electron chi connectivity index (χ4n) is 1.53. The van der Waals surface area contributed by atoms with Crippen LogP contribution in [0.15, 0.2) is 59.1 Å². The van der Waals surface area contributed by atoms with Crippen molar-refractivity contribution in [2.75, 3.05) is 6.61 Å². The molecule has 1 N–H and O–H groups in total. The maximum Gasteiger partial charge on any atom is 0.258 e. The second kappa shape index (κ2) is 6.95. The van der Waals surface area contributed by atoms with Crippen LogP contribution in [0.3, 0.4) is 0 Å². The number of halogens is 1. The van der Waals surface area contributed by atoms with E-state index in [9.17, 15) is 4.79 Å². The minimum atomic E-state index is -0.133. The van der Waals surface area contributed by atoms with E-state index in [1.807, 2.05) is 54.6 Å². The normalized spacial score (nSPS) is 9.95. The highest BCUT2D eigenvalue weighted by Gasteiger charge is 2.02. The quantitative estimate of drug-likeness (QED) is 0.919. The van der Waals surface area contributed by atoms with E-state index in [0.29, 0.717) is 12.3 Å². The maximum atomic E-state index is 11.6. The lowest BCUT2D eigenvalue weighted by atomic mass is 10.2. The fraction of sp³-hybridized carbons (Fsp3) is 0.133. The molecule has 0 aliphatic rings. The van der Waals surface area contributed by atoms with Crippen molar-refractivity contribution < 1.29 is 9.53 Å². The minimum absolute atomic E-state index is 0.0223. The Bertz CT molecular complexity index is 526. The summed E-state index contributed by atoms with van der Waals surface area (Å²) in [6, 6.07) is 17.1. The predicted molar refractivity (Wildman–Crippen MR) is 77.9 cm³/mol. The summed E-state index contributed by atoms with van der Waals surface area (Å²) in [7, 11) is 0. The number of benzene rings is 2. The third-order valence-corrected chi connectivity index (χ3v) is 3.04. The molecule has 98 valence electrons. The van der Waals surface area contributed by atoms with Crippen molar-refractivity contribution in [3.63, 3.8) is 0 Å². The first kappa shape index (κ1) is 13.6. The molecule has 3 nitrogen and oxygen atoms in total. The summed E-state index contributed by atoms with van der Waals surface area (Å²) in [6.45, 7) is 0.540. The summed E-state index contributed by atoms with van der Waals surface area (Å²) < 4.78 is 6.36. The number of carbonyl (C=O) groups excluding carboxylic acids is 1. The molecule has 2 aromatic rings. The number of rotatable bonds is 5. The van der Waals surface area contributed by atoms with Gasteiger partial charge < -0.3 is 10.1 Å². The molecule has 2 aromatic carbocycles. The van der Waals surface area contributed by atoms with Gasteiger partial charge in [-0.05, 0) is 29.8 Å². The van der Waals surface area contributed by atoms with Crippen LogP contribution in [-0.2, 0) is 11.3 Å². The van der Waals surface area contributed by atoms with Gasteiger partial charge in [0.15, 0.2) is 6.61 Å². The van der Waals surface area contributed by atoms with Crippen LogP contribution in [0.1, 0.15) is 5.56 Å². The summed E-state index contributed by atoms with van der Waals surface area (Å²) in [6.07, 6.45) is 0. The number of ether oxygens (including phenoxy) is 1. The Kier molecular flexibility index (Phi) is 4.98. The van der Waals surface area contributed by atoms with E-state index < -0.39 is 0 Å². The van der Waals surface area contributed by atoms with Crippen molar-refractivity contribution in [1.29, 1.82) is 0 Å². The van der Waals surface area contributed by atoms with Gasteiger partial charge in [-0.1, -0.05) is 46.3 Å². The Labute approximate surface area is 120 Å². The van der Waals surface area contributed by atoms with Crippen molar-refractivity contribution >= 4 is 21.8 Å². The average molecular weight is 320 g/mol. The van der Waals surface area contributed by atoms with E-state index in [2.05, 4.69) is 21.2 Å². The van der Waals surface area contributed by atoms with Crippen LogP contribution in [0.25, 0.3) is 0 Å². The highest BCUT2D eigenvalue weighted by Crippen LogP contribution is 2.15. The van der Waals surface area contributed by atoms with Crippen molar-refractivity contribution in [1.82, 2.24) is 5.32 Å². The van der Waals surface area contributed by atoms with Crippen molar-refractivity contribution in [2.45, 2.75) is 6.54 Å². The first-order chi connectivity index (χ1) is 9.24. The van der Waals surface area contributed by atoms with E-state index in [0.717, 1.165) is 10.0 Å². The van der Waals surface area contributed by atoms with Crippen molar-refractivity contribution in [3.8, 4) is 5.75 Å². The molecule has 0 heterocycles. The average Bonchev–Trinajstić information content (AvgIpc) is 2.45. The highest BCUT2D eigenvalue weighted by molar-refractivity contribution is 9.10. The Morgan fingerprint density at radius 3 is 2.42 bits per heavy atom. The highest BCUT2D eigenvalue weighted by atomic mass is 79.9. The molecule has 0 saturated heterocycles. The van der Waals surface area contributed by atoms with Gasteiger partial charge >= 0.3 is 0 Å². The summed E-state index contributed by atoms with van der Waals surface area (Å²) in [5, 5.41) is 2.81. The second-order valence-corrected chi connectivity index (χ2v) is 4.92. The summed E-state index contributed by atoms with van der Waals surface area (Å²) in [5.41, 5.74) is 1.07. The largest absolute Gasteiger partial charge is 0.484 e. The predicted octanol–water partition coefficient (Wildman–Crippen LogP) is 3.14. The molecule has 0 atom stereocenters. The van der Waals surface area contributed by atoms with Crippen molar-refractivity contribution in [3.05, 3.63) is 64.6 Å². The molecule has 1 amide bonds. The van der Waals surface area contributed by atoms with Crippen LogP contribution in [0.5, 0.6) is 5.75 Å². The van der Waals surface area contributed by atoms with E-state index >= 15 is 0 Å². The molecule has 4 heteroatoms. The minimum Gasteiger partial charge on any atom is -0.484 e. The van der Waals surface area contributed by atoms with Crippen LogP contribution < -0.4 is 10.1 Å². The van der Waals surface area contributed by atoms with Gasteiger partial charge in [0.1, 0.15) is 5.75 Å². The lowest BCUT2D eigenvalue weighted by Gasteiger charge is -2.07. The van der Waals surface area contributed by atoms with E-state index in [1.165, 1.54) is 0 Å². The van der Waals surface area contributed by atoms with Gasteiger partial charge in [0.05, 0.1) is 0 Å². The smallest absolute Gasteiger partial charge is 0.258 e. The number of hydrogen-bond acceptors (Lipinski definition) is 2. The van der Waals surface area contributed by atoms with Gasteiger partial charge in [-0.2, -0.15) is 0 Å². The van der Waals surface area contributed by atoms with Crippen LogP contribution >= 0.6 is 15.9 Å². The molecule has 0 aliphatic carbocycles. The lowest BCUT2D eigenvalue weighted by molar-refractivity contribution is -0.123. The van der Waals surface area contributed by atoms with Gasteiger partial charge in [-0.15, -0.1) is 0 Å². The molecule has 0 aliphatic heterocycles. The lowest BCUT2D eigenvalue weighted by Crippen LogP contribution is -2.28. The Morgan fingerprint density at radius 1 is 1.05 bits per heavy atom. The SMILES string of the molecule is O=C(COc1ccc(Br)cc1)NCc1ccccc1. The van der Waals surface area contributed by atoms with E-state index in [4.69, 9.17) is 4.74 Å². The van der Waals surface area contributed by atoms with E-state index in [1.54, 1.807) is 0 Å². The van der Waals surface area contributed by atoms with Crippen molar-refractivity contribution in [2.24, 2.45) is 0 Å². The molecule has 19 heavy (non-hydrogen) atoms. The van der Waals surface area contributed by atoms with Crippen LogP contribution in [-0.4, -0.2) is 12.5 Å². The van der Waals surface area contributed by atoms with Gasteiger partial charge in [0.2, 0.25) is 0 Å². The number of hydrogen-bond donors (Lipinski definition) is 1. The molecule has 0 unspecified atom stereocenters. The number of amides is 1. The van der Waals surface area contributed by atoms with Gasteiger partial charge in [-0.25, -0.2) is 0 Å². The van der Waals surface area contributed by atoms with Crippen LogP contribution in [0.4, 0.5) is 0 Å². The molecule has 0 fully saturated rings.